The Bertz CT molecular complexity index is 1780. The van der Waals surface area contributed by atoms with Gasteiger partial charge in [0, 0.05) is 57.6 Å². The van der Waals surface area contributed by atoms with Crippen LogP contribution < -0.4 is 10.6 Å². The second kappa shape index (κ2) is 23.0. The monoisotopic (exact) mass is 881 g/mol. The molecule has 16 heteroatoms. The number of carbonyl (C=O) groups excluding carboxylic acids is 4. The van der Waals surface area contributed by atoms with Gasteiger partial charge in [0.2, 0.25) is 23.6 Å². The Morgan fingerprint density at radius 2 is 1.18 bits per heavy atom. The van der Waals surface area contributed by atoms with Crippen molar-refractivity contribution in [2.45, 2.75) is 141 Å². The van der Waals surface area contributed by atoms with E-state index in [9.17, 15) is 45.5 Å². The van der Waals surface area contributed by atoms with Crippen LogP contribution in [0, 0.1) is 5.41 Å². The average molecular weight is 881 g/mol. The van der Waals surface area contributed by atoms with Crippen LogP contribution in [-0.2, 0) is 44.6 Å². The van der Waals surface area contributed by atoms with Crippen LogP contribution in [-0.4, -0.2) is 108 Å². The molecule has 2 aliphatic heterocycles. The summed E-state index contributed by atoms with van der Waals surface area (Å²) in [5, 5.41) is 5.64. The Labute approximate surface area is 363 Å². The minimum Gasteiger partial charge on any atom is -0.343 e. The smallest absolute Gasteiger partial charge is 0.343 e. The van der Waals surface area contributed by atoms with Crippen LogP contribution in [0.2, 0.25) is 0 Å². The first-order chi connectivity index (χ1) is 29.2. The summed E-state index contributed by atoms with van der Waals surface area (Å²) < 4.78 is 81.1. The zero-order chi connectivity index (χ0) is 45.7. The SMILES string of the molecule is CNCC(=O)NC(C(=O)N1CCCC1CN(Cc1cccc(C(F)(F)F)c1)C(=O)CCCCCCCCC(=O)N(Cc1cccc(C(F)(F)F)c1)CC1CCCN1C)C(C)(C)C. The van der Waals surface area contributed by atoms with Gasteiger partial charge in [-0.2, -0.15) is 26.3 Å². The third-order valence-corrected chi connectivity index (χ3v) is 11.9. The number of unbranched alkanes of at least 4 members (excludes halogenated alkanes) is 5. The van der Waals surface area contributed by atoms with Crippen molar-refractivity contribution in [2.75, 3.05) is 46.8 Å². The number of nitrogens with zero attached hydrogens (tertiary/aromatic N) is 4. The highest BCUT2D eigenvalue weighted by Gasteiger charge is 2.40. The van der Waals surface area contributed by atoms with E-state index in [1.54, 1.807) is 33.9 Å². The second-order valence-electron chi connectivity index (χ2n) is 18.1. The van der Waals surface area contributed by atoms with Crippen molar-refractivity contribution in [2.24, 2.45) is 5.41 Å². The van der Waals surface area contributed by atoms with Crippen molar-refractivity contribution in [1.29, 1.82) is 0 Å². The summed E-state index contributed by atoms with van der Waals surface area (Å²) in [4.78, 5) is 61.0. The molecule has 2 aliphatic rings. The number of carbonyl (C=O) groups is 4. The summed E-state index contributed by atoms with van der Waals surface area (Å²) in [6.45, 7) is 7.60. The largest absolute Gasteiger partial charge is 0.416 e. The topological polar surface area (TPSA) is 105 Å². The third-order valence-electron chi connectivity index (χ3n) is 11.9. The summed E-state index contributed by atoms with van der Waals surface area (Å²) in [5.41, 5.74) is -1.40. The average Bonchev–Trinajstić information content (AvgIpc) is 3.84. The number of hydrogen-bond donors (Lipinski definition) is 2. The Hall–Kier alpha value is -4.18. The third kappa shape index (κ3) is 15.6. The van der Waals surface area contributed by atoms with Crippen molar-refractivity contribution >= 4 is 23.6 Å². The van der Waals surface area contributed by atoms with Crippen LogP contribution >= 0.6 is 0 Å². The Morgan fingerprint density at radius 3 is 1.63 bits per heavy atom. The maximum Gasteiger partial charge on any atom is 0.416 e. The van der Waals surface area contributed by atoms with Gasteiger partial charge in [-0.15, -0.1) is 0 Å². The molecule has 0 aliphatic carbocycles. The fourth-order valence-electron chi connectivity index (χ4n) is 8.44. The van der Waals surface area contributed by atoms with Crippen LogP contribution in [0.3, 0.4) is 0 Å². The fraction of sp³-hybridized carbons (Fsp3) is 0.652. The first-order valence-electron chi connectivity index (χ1n) is 22.0. The second-order valence-corrected chi connectivity index (χ2v) is 18.1. The number of hydrogen-bond acceptors (Lipinski definition) is 6. The highest BCUT2D eigenvalue weighted by atomic mass is 19.4. The Balaban J connectivity index is 1.32. The molecular formula is C46H66F6N6O4. The molecule has 0 saturated carbocycles. The summed E-state index contributed by atoms with van der Waals surface area (Å²) in [6.07, 6.45) is -1.11. The molecule has 2 saturated heterocycles. The lowest BCUT2D eigenvalue weighted by Gasteiger charge is -2.37. The quantitative estimate of drug-likeness (QED) is 0.0973. The standard InChI is InChI=1S/C46H66F6N6O4/c1-44(2,3)42(54-39(59)28-53-4)43(62)58-25-15-21-38(58)32-57(30-34-17-13-19-36(27-34)46(50,51)52)41(61)23-11-9-7-6-8-10-22-40(60)56(31-37-20-14-24-55(37)5)29-33-16-12-18-35(26-33)45(47,48)49/h12-13,16-19,26-27,37-38,42,53H,6-11,14-15,20-25,28-32H2,1-5H3,(H,54,59). The van der Waals surface area contributed by atoms with Gasteiger partial charge in [-0.3, -0.25) is 19.2 Å². The number of nitrogens with one attached hydrogen (secondary N) is 2. The maximum absolute atomic E-state index is 14.0. The van der Waals surface area contributed by atoms with Crippen molar-refractivity contribution in [3.05, 3.63) is 70.8 Å². The molecule has 346 valence electrons. The molecule has 2 heterocycles. The van der Waals surface area contributed by atoms with E-state index in [2.05, 4.69) is 15.5 Å². The Kier molecular flexibility index (Phi) is 18.7. The number of likely N-dealkylation sites (tertiary alicyclic amines) is 2. The molecule has 62 heavy (non-hydrogen) atoms. The van der Waals surface area contributed by atoms with Gasteiger partial charge >= 0.3 is 12.4 Å². The number of benzene rings is 2. The van der Waals surface area contributed by atoms with E-state index < -0.39 is 34.9 Å². The number of likely N-dealkylation sites (N-methyl/N-ethyl adjacent to an activating group) is 2. The highest BCUT2D eigenvalue weighted by molar-refractivity contribution is 5.89. The molecule has 0 aromatic heterocycles. The Morgan fingerprint density at radius 1 is 0.710 bits per heavy atom. The van der Waals surface area contributed by atoms with Crippen molar-refractivity contribution < 1.29 is 45.5 Å². The molecule has 10 nitrogen and oxygen atoms in total. The minimum atomic E-state index is -4.55. The van der Waals surface area contributed by atoms with Crippen molar-refractivity contribution in [1.82, 2.24) is 30.2 Å². The molecule has 2 N–H and O–H groups in total. The lowest BCUT2D eigenvalue weighted by atomic mass is 9.85. The summed E-state index contributed by atoms with van der Waals surface area (Å²) >= 11 is 0. The first kappa shape index (κ1) is 50.5. The van der Waals surface area contributed by atoms with E-state index in [0.29, 0.717) is 49.9 Å². The number of amides is 4. The van der Waals surface area contributed by atoms with E-state index in [1.165, 1.54) is 12.1 Å². The van der Waals surface area contributed by atoms with Crippen LogP contribution in [0.4, 0.5) is 26.3 Å². The summed E-state index contributed by atoms with van der Waals surface area (Å²) in [6, 6.07) is 8.99. The molecule has 2 aromatic rings. The van der Waals surface area contributed by atoms with E-state index in [-0.39, 0.29) is 74.7 Å². The van der Waals surface area contributed by atoms with Crippen LogP contribution in [0.25, 0.3) is 0 Å². The molecule has 2 fully saturated rings. The van der Waals surface area contributed by atoms with Crippen LogP contribution in [0.1, 0.15) is 120 Å². The fourth-order valence-corrected chi connectivity index (χ4v) is 8.44. The number of halogens is 6. The number of alkyl halides is 6. The number of rotatable bonds is 21. The molecule has 3 unspecified atom stereocenters. The zero-order valence-corrected chi connectivity index (χ0v) is 37.0. The van der Waals surface area contributed by atoms with Gasteiger partial charge in [0.15, 0.2) is 0 Å². The lowest BCUT2D eigenvalue weighted by molar-refractivity contribution is -0.142. The maximum atomic E-state index is 14.0. The molecule has 4 rings (SSSR count). The molecule has 2 aromatic carbocycles. The first-order valence-corrected chi connectivity index (χ1v) is 22.0. The summed E-state index contributed by atoms with van der Waals surface area (Å²) in [7, 11) is 3.63. The van der Waals surface area contributed by atoms with Gasteiger partial charge in [0.1, 0.15) is 6.04 Å². The molecular weight excluding hydrogens is 815 g/mol. The lowest BCUT2D eigenvalue weighted by Crippen LogP contribution is -2.57. The molecule has 0 bridgehead atoms. The van der Waals surface area contributed by atoms with Gasteiger partial charge in [-0.1, -0.05) is 70.7 Å². The minimum absolute atomic E-state index is 0.0363. The predicted molar refractivity (Wildman–Crippen MR) is 226 cm³/mol. The molecule has 3 atom stereocenters. The summed E-state index contributed by atoms with van der Waals surface area (Å²) in [5.74, 6) is -0.907. The van der Waals surface area contributed by atoms with Gasteiger partial charge in [0.05, 0.1) is 17.7 Å². The van der Waals surface area contributed by atoms with Gasteiger partial charge in [-0.25, -0.2) is 0 Å². The molecule has 4 amide bonds. The van der Waals surface area contributed by atoms with Gasteiger partial charge in [-0.05, 0) is 100.0 Å². The highest BCUT2D eigenvalue weighted by Crippen LogP contribution is 2.32. The predicted octanol–water partition coefficient (Wildman–Crippen LogP) is 8.04. The van der Waals surface area contributed by atoms with E-state index >= 15 is 0 Å². The van der Waals surface area contributed by atoms with Gasteiger partial charge in [0.25, 0.3) is 0 Å². The molecule has 0 radical (unpaired) electrons. The zero-order valence-electron chi connectivity index (χ0n) is 37.0. The van der Waals surface area contributed by atoms with E-state index in [0.717, 1.165) is 69.3 Å². The van der Waals surface area contributed by atoms with E-state index in [1.807, 2.05) is 27.8 Å². The van der Waals surface area contributed by atoms with Crippen molar-refractivity contribution in [3.63, 3.8) is 0 Å². The van der Waals surface area contributed by atoms with Gasteiger partial charge < -0.3 is 30.2 Å². The van der Waals surface area contributed by atoms with E-state index in [4.69, 9.17) is 0 Å². The van der Waals surface area contributed by atoms with Crippen LogP contribution in [0.5, 0.6) is 0 Å². The van der Waals surface area contributed by atoms with Crippen LogP contribution in [0.15, 0.2) is 48.5 Å². The van der Waals surface area contributed by atoms with Crippen molar-refractivity contribution in [3.8, 4) is 0 Å². The molecule has 0 spiro atoms. The normalized spacial score (nSPS) is 17.9.